The zero-order chi connectivity index (χ0) is 18.8. The fraction of sp³-hybridized carbons (Fsp3) is 0.300. The Labute approximate surface area is 153 Å². The molecule has 0 aliphatic carbocycles. The topological polar surface area (TPSA) is 76.7 Å². The first-order chi connectivity index (χ1) is 12.6. The summed E-state index contributed by atoms with van der Waals surface area (Å²) in [5.74, 6) is 0.283. The minimum atomic E-state index is -0.626. The molecule has 0 bridgehead atoms. The average Bonchev–Trinajstić information content (AvgIpc) is 2.68. The zero-order valence-electron chi connectivity index (χ0n) is 15.1. The molecule has 2 amide bonds. The van der Waals surface area contributed by atoms with E-state index in [2.05, 4.69) is 10.6 Å². The van der Waals surface area contributed by atoms with Crippen molar-refractivity contribution in [2.24, 2.45) is 0 Å². The highest BCUT2D eigenvalue weighted by molar-refractivity contribution is 6.35. The van der Waals surface area contributed by atoms with Gasteiger partial charge in [0.05, 0.1) is 14.2 Å². The van der Waals surface area contributed by atoms with E-state index in [4.69, 9.17) is 9.47 Å². The van der Waals surface area contributed by atoms with Crippen LogP contribution in [0.4, 0.5) is 0 Å². The molecule has 0 heterocycles. The van der Waals surface area contributed by atoms with Gasteiger partial charge < -0.3 is 20.1 Å². The van der Waals surface area contributed by atoms with Crippen molar-refractivity contribution in [2.75, 3.05) is 27.3 Å². The van der Waals surface area contributed by atoms with E-state index in [1.165, 1.54) is 0 Å². The lowest BCUT2D eigenvalue weighted by Gasteiger charge is -2.08. The van der Waals surface area contributed by atoms with Crippen LogP contribution in [0.5, 0.6) is 11.5 Å². The van der Waals surface area contributed by atoms with E-state index in [-0.39, 0.29) is 0 Å². The number of nitrogens with one attached hydrogen (secondary N) is 2. The zero-order valence-corrected chi connectivity index (χ0v) is 15.1. The molecular weight excluding hydrogens is 332 g/mol. The Morgan fingerprint density at radius 3 is 1.58 bits per heavy atom. The SMILES string of the molecule is COc1cccc(CCNC(=O)C(=O)NCCc2cccc(OC)c2)c1. The molecular formula is C20H24N2O4. The van der Waals surface area contributed by atoms with Crippen LogP contribution >= 0.6 is 0 Å². The summed E-state index contributed by atoms with van der Waals surface area (Å²) in [5.41, 5.74) is 2.06. The van der Waals surface area contributed by atoms with Crippen molar-refractivity contribution in [1.29, 1.82) is 0 Å². The fourth-order valence-electron chi connectivity index (χ4n) is 2.46. The molecule has 0 aliphatic rings. The lowest BCUT2D eigenvalue weighted by Crippen LogP contribution is -2.41. The molecule has 0 atom stereocenters. The molecule has 2 rings (SSSR count). The molecule has 6 heteroatoms. The van der Waals surface area contributed by atoms with Gasteiger partial charge in [0, 0.05) is 13.1 Å². The number of carbonyl (C=O) groups excluding carboxylic acids is 2. The minimum Gasteiger partial charge on any atom is -0.497 e. The Bertz CT molecular complexity index is 683. The molecule has 2 N–H and O–H groups in total. The number of hydrogen-bond acceptors (Lipinski definition) is 4. The molecule has 2 aromatic carbocycles. The molecule has 0 saturated heterocycles. The number of amides is 2. The summed E-state index contributed by atoms with van der Waals surface area (Å²) in [5, 5.41) is 5.25. The second-order valence-electron chi connectivity index (χ2n) is 5.71. The summed E-state index contributed by atoms with van der Waals surface area (Å²) in [7, 11) is 3.22. The molecule has 0 fully saturated rings. The first kappa shape index (κ1) is 19.3. The molecule has 0 aromatic heterocycles. The molecule has 0 radical (unpaired) electrons. The van der Waals surface area contributed by atoms with E-state index in [1.807, 2.05) is 48.5 Å². The summed E-state index contributed by atoms with van der Waals surface area (Å²) in [6.07, 6.45) is 1.25. The van der Waals surface area contributed by atoms with Gasteiger partial charge in [-0.3, -0.25) is 9.59 Å². The number of ether oxygens (including phenoxy) is 2. The summed E-state index contributed by atoms with van der Waals surface area (Å²) in [6, 6.07) is 15.2. The average molecular weight is 356 g/mol. The predicted molar refractivity (Wildman–Crippen MR) is 99.4 cm³/mol. The van der Waals surface area contributed by atoms with Crippen LogP contribution in [-0.4, -0.2) is 39.1 Å². The molecule has 2 aromatic rings. The maximum Gasteiger partial charge on any atom is 0.309 e. The van der Waals surface area contributed by atoms with Crippen LogP contribution in [0.2, 0.25) is 0 Å². The van der Waals surface area contributed by atoms with Crippen molar-refractivity contribution in [2.45, 2.75) is 12.8 Å². The molecule has 0 aliphatic heterocycles. The second-order valence-corrected chi connectivity index (χ2v) is 5.71. The maximum absolute atomic E-state index is 11.8. The van der Waals surface area contributed by atoms with Crippen LogP contribution in [0.15, 0.2) is 48.5 Å². The molecule has 138 valence electrons. The smallest absolute Gasteiger partial charge is 0.309 e. The van der Waals surface area contributed by atoms with Crippen LogP contribution in [0.25, 0.3) is 0 Å². The number of carbonyl (C=O) groups is 2. The van der Waals surface area contributed by atoms with Crippen LogP contribution in [0, 0.1) is 0 Å². The highest BCUT2D eigenvalue weighted by Gasteiger charge is 2.12. The van der Waals surface area contributed by atoms with Crippen molar-refractivity contribution in [3.05, 3.63) is 59.7 Å². The second kappa shape index (κ2) is 10.1. The van der Waals surface area contributed by atoms with Crippen LogP contribution in [0.3, 0.4) is 0 Å². The molecule has 0 spiro atoms. The third-order valence-corrected chi connectivity index (χ3v) is 3.87. The van der Waals surface area contributed by atoms with E-state index in [1.54, 1.807) is 14.2 Å². The van der Waals surface area contributed by atoms with Crippen molar-refractivity contribution in [3.63, 3.8) is 0 Å². The van der Waals surface area contributed by atoms with E-state index in [9.17, 15) is 9.59 Å². The first-order valence-corrected chi connectivity index (χ1v) is 8.44. The van der Waals surface area contributed by atoms with Gasteiger partial charge in [0.15, 0.2) is 0 Å². The van der Waals surface area contributed by atoms with Crippen molar-refractivity contribution < 1.29 is 19.1 Å². The van der Waals surface area contributed by atoms with Gasteiger partial charge in [-0.2, -0.15) is 0 Å². The van der Waals surface area contributed by atoms with Gasteiger partial charge in [-0.25, -0.2) is 0 Å². The highest BCUT2D eigenvalue weighted by Crippen LogP contribution is 2.13. The van der Waals surface area contributed by atoms with E-state index < -0.39 is 11.8 Å². The van der Waals surface area contributed by atoms with Crippen LogP contribution < -0.4 is 20.1 Å². The first-order valence-electron chi connectivity index (χ1n) is 8.44. The summed E-state index contributed by atoms with van der Waals surface area (Å²) in [6.45, 7) is 0.768. The van der Waals surface area contributed by atoms with Gasteiger partial charge in [-0.05, 0) is 48.2 Å². The standard InChI is InChI=1S/C20H24N2O4/c1-25-17-7-3-5-15(13-17)9-11-21-19(23)20(24)22-12-10-16-6-4-8-18(14-16)26-2/h3-8,13-14H,9-12H2,1-2H3,(H,21,23)(H,22,24). The lowest BCUT2D eigenvalue weighted by molar-refractivity contribution is -0.139. The Hall–Kier alpha value is -3.02. The van der Waals surface area contributed by atoms with E-state index in [0.717, 1.165) is 22.6 Å². The molecule has 0 saturated carbocycles. The summed E-state index contributed by atoms with van der Waals surface area (Å²) in [4.78, 5) is 23.7. The van der Waals surface area contributed by atoms with Gasteiger partial charge >= 0.3 is 11.8 Å². The van der Waals surface area contributed by atoms with Gasteiger partial charge in [0.1, 0.15) is 11.5 Å². The lowest BCUT2D eigenvalue weighted by atomic mass is 10.1. The third kappa shape index (κ3) is 6.12. The largest absolute Gasteiger partial charge is 0.497 e. The molecule has 26 heavy (non-hydrogen) atoms. The molecule has 0 unspecified atom stereocenters. The third-order valence-electron chi connectivity index (χ3n) is 3.87. The Balaban J connectivity index is 1.69. The number of methoxy groups -OCH3 is 2. The fourth-order valence-corrected chi connectivity index (χ4v) is 2.46. The highest BCUT2D eigenvalue weighted by atomic mass is 16.5. The summed E-state index contributed by atoms with van der Waals surface area (Å²) < 4.78 is 10.3. The quantitative estimate of drug-likeness (QED) is 0.706. The van der Waals surface area contributed by atoms with Gasteiger partial charge in [-0.1, -0.05) is 24.3 Å². The van der Waals surface area contributed by atoms with Crippen molar-refractivity contribution >= 4 is 11.8 Å². The normalized spacial score (nSPS) is 10.1. The molecule has 6 nitrogen and oxygen atoms in total. The Morgan fingerprint density at radius 1 is 0.769 bits per heavy atom. The monoisotopic (exact) mass is 356 g/mol. The maximum atomic E-state index is 11.8. The van der Waals surface area contributed by atoms with Gasteiger partial charge in [0.25, 0.3) is 0 Å². The van der Waals surface area contributed by atoms with Crippen LogP contribution in [-0.2, 0) is 22.4 Å². The van der Waals surface area contributed by atoms with Crippen LogP contribution in [0.1, 0.15) is 11.1 Å². The van der Waals surface area contributed by atoms with Gasteiger partial charge in [0.2, 0.25) is 0 Å². The minimum absolute atomic E-state index is 0.384. The van der Waals surface area contributed by atoms with Crippen molar-refractivity contribution in [3.8, 4) is 11.5 Å². The Kier molecular flexibility index (Phi) is 7.49. The van der Waals surface area contributed by atoms with E-state index in [0.29, 0.717) is 25.9 Å². The van der Waals surface area contributed by atoms with Gasteiger partial charge in [-0.15, -0.1) is 0 Å². The van der Waals surface area contributed by atoms with Crippen molar-refractivity contribution in [1.82, 2.24) is 10.6 Å². The Morgan fingerprint density at radius 2 is 1.19 bits per heavy atom. The predicted octanol–water partition coefficient (Wildman–Crippen LogP) is 1.72. The number of benzene rings is 2. The van der Waals surface area contributed by atoms with E-state index >= 15 is 0 Å². The number of hydrogen-bond donors (Lipinski definition) is 2. The summed E-state index contributed by atoms with van der Waals surface area (Å²) >= 11 is 0. The number of rotatable bonds is 8.